The van der Waals surface area contributed by atoms with Crippen molar-refractivity contribution >= 4 is 0 Å². The van der Waals surface area contributed by atoms with Gasteiger partial charge in [0.1, 0.15) is 0 Å². The van der Waals surface area contributed by atoms with Crippen molar-refractivity contribution in [2.45, 2.75) is 66.2 Å². The molecule has 0 saturated carbocycles. The summed E-state index contributed by atoms with van der Waals surface area (Å²) in [5.41, 5.74) is 2.34. The summed E-state index contributed by atoms with van der Waals surface area (Å²) in [7, 11) is 0. The van der Waals surface area contributed by atoms with Crippen LogP contribution in [0.2, 0.25) is 0 Å². The third-order valence-corrected chi connectivity index (χ3v) is 2.12. The molecule has 1 heterocycles. The van der Waals surface area contributed by atoms with Gasteiger partial charge in [-0.15, -0.1) is 0 Å². The van der Waals surface area contributed by atoms with Gasteiger partial charge in [-0.2, -0.15) is 0 Å². The fourth-order valence-corrected chi connectivity index (χ4v) is 1.44. The van der Waals surface area contributed by atoms with E-state index in [2.05, 4.69) is 51.5 Å². The molecule has 92 valence electrons. The zero-order chi connectivity index (χ0) is 13.0. The number of nitrogens with zero attached hydrogens (tertiary/aromatic N) is 2. The van der Waals surface area contributed by atoms with Gasteiger partial charge in [-0.25, -0.2) is 0 Å². The summed E-state index contributed by atoms with van der Waals surface area (Å²) in [4.78, 5) is 8.91. The highest BCUT2D eigenvalue weighted by atomic mass is 14.8. The van der Waals surface area contributed by atoms with E-state index in [0.29, 0.717) is 0 Å². The highest BCUT2D eigenvalue weighted by molar-refractivity contribution is 5.25. The summed E-state index contributed by atoms with van der Waals surface area (Å²) >= 11 is 0. The monoisotopic (exact) mass is 222 g/mol. The summed E-state index contributed by atoms with van der Waals surface area (Å²) in [6.45, 7) is 17.0. The number of hydrogen-bond acceptors (Lipinski definition) is 2. The van der Waals surface area contributed by atoms with E-state index in [1.54, 1.807) is 12.4 Å². The first-order valence-electron chi connectivity index (χ1n) is 6.05. The molecule has 0 aliphatic carbocycles. The molecule has 0 N–H and O–H groups in total. The highest BCUT2D eigenvalue weighted by Gasteiger charge is 2.27. The Balaban J connectivity index is 0.00000106. The van der Waals surface area contributed by atoms with Gasteiger partial charge in [0.05, 0.1) is 11.4 Å². The van der Waals surface area contributed by atoms with E-state index in [4.69, 9.17) is 0 Å². The summed E-state index contributed by atoms with van der Waals surface area (Å²) < 4.78 is 0. The molecule has 0 saturated heterocycles. The molecule has 0 unspecified atom stereocenters. The number of rotatable bonds is 0. The first-order chi connectivity index (χ1) is 7.23. The number of aromatic nitrogens is 2. The Bertz CT molecular complexity index is 283. The van der Waals surface area contributed by atoms with Crippen LogP contribution in [0.4, 0.5) is 0 Å². The molecule has 0 aliphatic heterocycles. The molecular weight excluding hydrogens is 196 g/mol. The average molecular weight is 222 g/mol. The normalized spacial score (nSPS) is 11.8. The molecule has 0 amide bonds. The summed E-state index contributed by atoms with van der Waals surface area (Å²) in [5, 5.41) is 0. The van der Waals surface area contributed by atoms with E-state index in [-0.39, 0.29) is 10.8 Å². The third kappa shape index (κ3) is 3.92. The predicted molar refractivity (Wildman–Crippen MR) is 70.8 cm³/mol. The van der Waals surface area contributed by atoms with Gasteiger partial charge in [0.15, 0.2) is 0 Å². The molecule has 0 fully saturated rings. The van der Waals surface area contributed by atoms with Crippen LogP contribution in [-0.2, 0) is 10.8 Å². The van der Waals surface area contributed by atoms with E-state index in [0.717, 1.165) is 11.4 Å². The zero-order valence-electron chi connectivity index (χ0n) is 12.0. The SMILES string of the molecule is CC.CC(C)(C)c1nccnc1C(C)(C)C. The molecule has 2 heteroatoms. The smallest absolute Gasteiger partial charge is 0.0677 e. The van der Waals surface area contributed by atoms with Crippen molar-refractivity contribution in [3.63, 3.8) is 0 Å². The van der Waals surface area contributed by atoms with Gasteiger partial charge in [-0.05, 0) is 0 Å². The Labute approximate surface area is 101 Å². The molecule has 1 rings (SSSR count). The summed E-state index contributed by atoms with van der Waals surface area (Å²) in [6.07, 6.45) is 3.55. The van der Waals surface area contributed by atoms with E-state index in [1.807, 2.05) is 13.8 Å². The molecule has 1 aromatic heterocycles. The highest BCUT2D eigenvalue weighted by Crippen LogP contribution is 2.29. The first-order valence-corrected chi connectivity index (χ1v) is 6.05. The lowest BCUT2D eigenvalue weighted by Gasteiger charge is -2.27. The lowest BCUT2D eigenvalue weighted by atomic mass is 9.81. The topological polar surface area (TPSA) is 25.8 Å². The Hall–Kier alpha value is -0.920. The van der Waals surface area contributed by atoms with E-state index >= 15 is 0 Å². The lowest BCUT2D eigenvalue weighted by molar-refractivity contribution is 0.498. The molecule has 0 atom stereocenters. The minimum atomic E-state index is 0.0663. The second-order valence-electron chi connectivity index (χ2n) is 5.75. The van der Waals surface area contributed by atoms with Crippen LogP contribution in [0.3, 0.4) is 0 Å². The van der Waals surface area contributed by atoms with Gasteiger partial charge in [0, 0.05) is 23.2 Å². The zero-order valence-corrected chi connectivity index (χ0v) is 12.0. The van der Waals surface area contributed by atoms with Crippen LogP contribution in [-0.4, -0.2) is 9.97 Å². The Morgan fingerprint density at radius 1 is 0.688 bits per heavy atom. The Morgan fingerprint density at radius 3 is 1.12 bits per heavy atom. The third-order valence-electron chi connectivity index (χ3n) is 2.12. The van der Waals surface area contributed by atoms with Crippen molar-refractivity contribution in [3.05, 3.63) is 23.8 Å². The van der Waals surface area contributed by atoms with Crippen molar-refractivity contribution in [3.8, 4) is 0 Å². The van der Waals surface area contributed by atoms with Crippen molar-refractivity contribution < 1.29 is 0 Å². The molecule has 1 aromatic rings. The molecule has 0 spiro atoms. The first kappa shape index (κ1) is 15.1. The van der Waals surface area contributed by atoms with E-state index in [9.17, 15) is 0 Å². The number of hydrogen-bond donors (Lipinski definition) is 0. The Morgan fingerprint density at radius 2 is 0.938 bits per heavy atom. The van der Waals surface area contributed by atoms with Gasteiger partial charge in [-0.1, -0.05) is 55.4 Å². The Kier molecular flexibility index (Phi) is 5.11. The van der Waals surface area contributed by atoms with Gasteiger partial charge < -0.3 is 0 Å². The molecule has 2 nitrogen and oxygen atoms in total. The van der Waals surface area contributed by atoms with Crippen LogP contribution in [0, 0.1) is 0 Å². The van der Waals surface area contributed by atoms with Crippen LogP contribution in [0.25, 0.3) is 0 Å². The lowest BCUT2D eigenvalue weighted by Crippen LogP contribution is -2.24. The molecule has 0 aliphatic rings. The maximum Gasteiger partial charge on any atom is 0.0677 e. The van der Waals surface area contributed by atoms with Crippen LogP contribution in [0.15, 0.2) is 12.4 Å². The maximum atomic E-state index is 4.45. The maximum absolute atomic E-state index is 4.45. The van der Waals surface area contributed by atoms with Crippen molar-refractivity contribution in [1.82, 2.24) is 9.97 Å². The predicted octanol–water partition coefficient (Wildman–Crippen LogP) is 4.10. The quantitative estimate of drug-likeness (QED) is 0.660. The van der Waals surface area contributed by atoms with E-state index < -0.39 is 0 Å². The summed E-state index contributed by atoms with van der Waals surface area (Å²) in [6, 6.07) is 0. The van der Waals surface area contributed by atoms with Crippen LogP contribution >= 0.6 is 0 Å². The molecular formula is C14H26N2. The van der Waals surface area contributed by atoms with Crippen molar-refractivity contribution in [2.24, 2.45) is 0 Å². The molecule has 16 heavy (non-hydrogen) atoms. The van der Waals surface area contributed by atoms with Gasteiger partial charge in [0.2, 0.25) is 0 Å². The van der Waals surface area contributed by atoms with Crippen molar-refractivity contribution in [1.29, 1.82) is 0 Å². The van der Waals surface area contributed by atoms with Crippen LogP contribution in [0.5, 0.6) is 0 Å². The fraction of sp³-hybridized carbons (Fsp3) is 0.714. The average Bonchev–Trinajstić information content (AvgIpc) is 2.18. The van der Waals surface area contributed by atoms with Crippen molar-refractivity contribution in [2.75, 3.05) is 0 Å². The second-order valence-corrected chi connectivity index (χ2v) is 5.75. The minimum absolute atomic E-state index is 0.0663. The van der Waals surface area contributed by atoms with Gasteiger partial charge >= 0.3 is 0 Å². The minimum Gasteiger partial charge on any atom is -0.257 e. The largest absolute Gasteiger partial charge is 0.257 e. The van der Waals surface area contributed by atoms with Crippen LogP contribution in [0.1, 0.15) is 66.8 Å². The molecule has 0 bridgehead atoms. The van der Waals surface area contributed by atoms with Crippen LogP contribution < -0.4 is 0 Å². The second kappa shape index (κ2) is 5.42. The molecule has 0 radical (unpaired) electrons. The van der Waals surface area contributed by atoms with E-state index in [1.165, 1.54) is 0 Å². The summed E-state index contributed by atoms with van der Waals surface area (Å²) in [5.74, 6) is 0. The standard InChI is InChI=1S/C12H20N2.C2H6/c1-11(2,3)9-10(12(4,5)6)14-8-7-13-9;1-2/h7-8H,1-6H3;1-2H3. The van der Waals surface area contributed by atoms with Gasteiger partial charge in [-0.3, -0.25) is 9.97 Å². The van der Waals surface area contributed by atoms with Gasteiger partial charge in [0.25, 0.3) is 0 Å². The fourth-order valence-electron chi connectivity index (χ4n) is 1.44. The molecule has 0 aromatic carbocycles.